The molecule has 0 amide bonds. The van der Waals surface area contributed by atoms with Crippen molar-refractivity contribution < 1.29 is 9.47 Å². The molecule has 2 aliphatic heterocycles. The van der Waals surface area contributed by atoms with Gasteiger partial charge < -0.3 is 14.8 Å². The van der Waals surface area contributed by atoms with Crippen molar-refractivity contribution in [2.75, 3.05) is 18.5 Å². The standard InChI is InChI=1S/C15H25N3O2/c1-2-14-8-12(5-7-20-14)17-13-9-16-18(10-13)11-15-4-3-6-19-15/h9-10,12,14-15,17H,2-8,11H2,1H3. The van der Waals surface area contributed by atoms with Gasteiger partial charge in [-0.3, -0.25) is 4.68 Å². The van der Waals surface area contributed by atoms with E-state index in [4.69, 9.17) is 9.47 Å². The number of ether oxygens (including phenoxy) is 2. The first-order valence-corrected chi connectivity index (χ1v) is 7.85. The molecule has 3 atom stereocenters. The smallest absolute Gasteiger partial charge is 0.0771 e. The van der Waals surface area contributed by atoms with Crippen molar-refractivity contribution in [2.45, 2.75) is 63.8 Å². The summed E-state index contributed by atoms with van der Waals surface area (Å²) in [6.07, 6.45) is 10.4. The number of anilines is 1. The largest absolute Gasteiger partial charge is 0.380 e. The molecule has 20 heavy (non-hydrogen) atoms. The lowest BCUT2D eigenvalue weighted by Crippen LogP contribution is -2.33. The first-order valence-electron chi connectivity index (χ1n) is 7.85. The SMILES string of the molecule is CCC1CC(Nc2cnn(CC3CCCO3)c2)CCO1. The Morgan fingerprint density at radius 1 is 1.30 bits per heavy atom. The minimum atomic E-state index is 0.343. The van der Waals surface area contributed by atoms with Crippen molar-refractivity contribution >= 4 is 5.69 Å². The molecular formula is C15H25N3O2. The highest BCUT2D eigenvalue weighted by Crippen LogP contribution is 2.21. The maximum atomic E-state index is 5.71. The number of hydrogen-bond donors (Lipinski definition) is 1. The molecule has 5 heteroatoms. The van der Waals surface area contributed by atoms with Crippen LogP contribution in [-0.4, -0.2) is 41.2 Å². The van der Waals surface area contributed by atoms with E-state index in [1.54, 1.807) is 0 Å². The van der Waals surface area contributed by atoms with Crippen molar-refractivity contribution in [1.29, 1.82) is 0 Å². The summed E-state index contributed by atoms with van der Waals surface area (Å²) in [6, 6.07) is 0.508. The molecule has 2 fully saturated rings. The molecule has 0 saturated carbocycles. The molecule has 0 aliphatic carbocycles. The molecule has 2 saturated heterocycles. The molecule has 1 N–H and O–H groups in total. The van der Waals surface area contributed by atoms with E-state index in [-0.39, 0.29) is 0 Å². The van der Waals surface area contributed by atoms with Gasteiger partial charge in [0.1, 0.15) is 0 Å². The van der Waals surface area contributed by atoms with Gasteiger partial charge in [0.15, 0.2) is 0 Å². The number of aromatic nitrogens is 2. The topological polar surface area (TPSA) is 48.3 Å². The predicted octanol–water partition coefficient (Wildman–Crippen LogP) is 2.43. The molecule has 0 radical (unpaired) electrons. The van der Waals surface area contributed by atoms with E-state index in [1.807, 2.05) is 10.9 Å². The molecule has 3 rings (SSSR count). The van der Waals surface area contributed by atoms with Gasteiger partial charge in [-0.05, 0) is 32.1 Å². The zero-order valence-corrected chi connectivity index (χ0v) is 12.3. The van der Waals surface area contributed by atoms with Crippen LogP contribution in [0.3, 0.4) is 0 Å². The Kier molecular flexibility index (Phi) is 4.58. The van der Waals surface area contributed by atoms with Crippen LogP contribution >= 0.6 is 0 Å². The minimum Gasteiger partial charge on any atom is -0.380 e. The van der Waals surface area contributed by atoms with E-state index in [0.29, 0.717) is 18.2 Å². The van der Waals surface area contributed by atoms with E-state index >= 15 is 0 Å². The van der Waals surface area contributed by atoms with Gasteiger partial charge in [-0.1, -0.05) is 6.92 Å². The van der Waals surface area contributed by atoms with Gasteiger partial charge in [0.25, 0.3) is 0 Å². The Morgan fingerprint density at radius 2 is 2.20 bits per heavy atom. The average molecular weight is 279 g/mol. The highest BCUT2D eigenvalue weighted by Gasteiger charge is 2.22. The molecular weight excluding hydrogens is 254 g/mol. The summed E-state index contributed by atoms with van der Waals surface area (Å²) in [7, 11) is 0. The van der Waals surface area contributed by atoms with Crippen LogP contribution in [0.4, 0.5) is 5.69 Å². The monoisotopic (exact) mass is 279 g/mol. The highest BCUT2D eigenvalue weighted by atomic mass is 16.5. The summed E-state index contributed by atoms with van der Waals surface area (Å²) in [5.41, 5.74) is 1.12. The zero-order chi connectivity index (χ0) is 13.8. The number of nitrogens with zero attached hydrogens (tertiary/aromatic N) is 2. The second kappa shape index (κ2) is 6.59. The van der Waals surface area contributed by atoms with Crippen molar-refractivity contribution in [2.24, 2.45) is 0 Å². The fraction of sp³-hybridized carbons (Fsp3) is 0.800. The third kappa shape index (κ3) is 3.52. The maximum absolute atomic E-state index is 5.71. The Morgan fingerprint density at radius 3 is 3.00 bits per heavy atom. The molecule has 1 aromatic rings. The second-order valence-corrected chi connectivity index (χ2v) is 5.85. The quantitative estimate of drug-likeness (QED) is 0.899. The Labute approximate surface area is 120 Å². The third-order valence-corrected chi connectivity index (χ3v) is 4.24. The fourth-order valence-corrected chi connectivity index (χ4v) is 3.07. The Bertz CT molecular complexity index is 415. The van der Waals surface area contributed by atoms with Gasteiger partial charge in [0.05, 0.1) is 30.6 Å². The van der Waals surface area contributed by atoms with Gasteiger partial charge in [-0.2, -0.15) is 5.10 Å². The lowest BCUT2D eigenvalue weighted by Gasteiger charge is -2.29. The van der Waals surface area contributed by atoms with Crippen LogP contribution in [0.5, 0.6) is 0 Å². The summed E-state index contributed by atoms with van der Waals surface area (Å²) in [5, 5.41) is 8.01. The third-order valence-electron chi connectivity index (χ3n) is 4.24. The Balaban J connectivity index is 1.51. The van der Waals surface area contributed by atoms with Crippen molar-refractivity contribution in [3.05, 3.63) is 12.4 Å². The molecule has 1 aromatic heterocycles. The summed E-state index contributed by atoms with van der Waals surface area (Å²) in [5.74, 6) is 0. The maximum Gasteiger partial charge on any atom is 0.0771 e. The van der Waals surface area contributed by atoms with E-state index in [1.165, 1.54) is 6.42 Å². The van der Waals surface area contributed by atoms with Gasteiger partial charge in [-0.15, -0.1) is 0 Å². The van der Waals surface area contributed by atoms with Crippen LogP contribution < -0.4 is 5.32 Å². The first-order chi connectivity index (χ1) is 9.83. The van der Waals surface area contributed by atoms with Gasteiger partial charge >= 0.3 is 0 Å². The average Bonchev–Trinajstić information content (AvgIpc) is 3.12. The lowest BCUT2D eigenvalue weighted by atomic mass is 10.0. The fourth-order valence-electron chi connectivity index (χ4n) is 3.07. The number of hydrogen-bond acceptors (Lipinski definition) is 4. The zero-order valence-electron chi connectivity index (χ0n) is 12.3. The first kappa shape index (κ1) is 13.9. The van der Waals surface area contributed by atoms with E-state index in [2.05, 4.69) is 23.5 Å². The van der Waals surface area contributed by atoms with Crippen LogP contribution in [0.15, 0.2) is 12.4 Å². The number of rotatable bonds is 5. The van der Waals surface area contributed by atoms with Crippen LogP contribution in [0.25, 0.3) is 0 Å². The summed E-state index contributed by atoms with van der Waals surface area (Å²) >= 11 is 0. The van der Waals surface area contributed by atoms with Crippen LogP contribution in [-0.2, 0) is 16.0 Å². The molecule has 3 unspecified atom stereocenters. The summed E-state index contributed by atoms with van der Waals surface area (Å²) in [4.78, 5) is 0. The van der Waals surface area contributed by atoms with Crippen molar-refractivity contribution in [1.82, 2.24) is 9.78 Å². The normalized spacial score (nSPS) is 30.6. The van der Waals surface area contributed by atoms with E-state index in [0.717, 1.165) is 51.1 Å². The van der Waals surface area contributed by atoms with Gasteiger partial charge in [0.2, 0.25) is 0 Å². The molecule has 0 bridgehead atoms. The molecule has 112 valence electrons. The molecule has 0 spiro atoms. The summed E-state index contributed by atoms with van der Waals surface area (Å²) < 4.78 is 13.4. The lowest BCUT2D eigenvalue weighted by molar-refractivity contribution is 0.00925. The Hall–Kier alpha value is -1.07. The van der Waals surface area contributed by atoms with Crippen LogP contribution in [0, 0.1) is 0 Å². The molecule has 5 nitrogen and oxygen atoms in total. The van der Waals surface area contributed by atoms with E-state index < -0.39 is 0 Å². The van der Waals surface area contributed by atoms with Crippen molar-refractivity contribution in [3.8, 4) is 0 Å². The second-order valence-electron chi connectivity index (χ2n) is 5.85. The van der Waals surface area contributed by atoms with Crippen LogP contribution in [0.1, 0.15) is 39.0 Å². The van der Waals surface area contributed by atoms with Gasteiger partial charge in [0, 0.05) is 25.5 Å². The van der Waals surface area contributed by atoms with Gasteiger partial charge in [-0.25, -0.2) is 0 Å². The molecule has 3 heterocycles. The van der Waals surface area contributed by atoms with Crippen LogP contribution in [0.2, 0.25) is 0 Å². The van der Waals surface area contributed by atoms with E-state index in [9.17, 15) is 0 Å². The summed E-state index contributed by atoms with van der Waals surface area (Å²) in [6.45, 7) is 4.82. The minimum absolute atomic E-state index is 0.343. The molecule has 2 aliphatic rings. The van der Waals surface area contributed by atoms with Crippen molar-refractivity contribution in [3.63, 3.8) is 0 Å². The molecule has 0 aromatic carbocycles. The number of nitrogens with one attached hydrogen (secondary N) is 1. The highest BCUT2D eigenvalue weighted by molar-refractivity contribution is 5.39. The predicted molar refractivity (Wildman–Crippen MR) is 77.9 cm³/mol.